The molecule has 0 radical (unpaired) electrons. The van der Waals surface area contributed by atoms with E-state index in [0.29, 0.717) is 29.8 Å². The standard InChI is InChI=1S/C17H17F2NO2/c1-22-16-7-6-14(18)10-13(16)8-9-20-17(21)11-12-4-2-3-5-15(12)19/h2-7,10H,8-9,11H2,1H3,(H,20,21). The van der Waals surface area contributed by atoms with Gasteiger partial charge in [0.1, 0.15) is 17.4 Å². The van der Waals surface area contributed by atoms with Crippen LogP contribution in [0.2, 0.25) is 0 Å². The molecule has 1 amide bonds. The summed E-state index contributed by atoms with van der Waals surface area (Å²) in [6.07, 6.45) is 0.414. The van der Waals surface area contributed by atoms with Gasteiger partial charge in [-0.05, 0) is 41.8 Å². The lowest BCUT2D eigenvalue weighted by Gasteiger charge is -2.10. The zero-order chi connectivity index (χ0) is 15.9. The molecule has 5 heteroatoms. The highest BCUT2D eigenvalue weighted by atomic mass is 19.1. The summed E-state index contributed by atoms with van der Waals surface area (Å²) in [5, 5.41) is 2.69. The maximum Gasteiger partial charge on any atom is 0.224 e. The smallest absolute Gasteiger partial charge is 0.224 e. The maximum atomic E-state index is 13.4. The lowest BCUT2D eigenvalue weighted by Crippen LogP contribution is -2.27. The van der Waals surface area contributed by atoms with Crippen molar-refractivity contribution in [3.63, 3.8) is 0 Å². The first-order chi connectivity index (χ1) is 10.6. The van der Waals surface area contributed by atoms with Gasteiger partial charge in [-0.3, -0.25) is 4.79 Å². The van der Waals surface area contributed by atoms with Crippen LogP contribution < -0.4 is 10.1 Å². The van der Waals surface area contributed by atoms with Gasteiger partial charge in [0.05, 0.1) is 13.5 Å². The van der Waals surface area contributed by atoms with Crippen molar-refractivity contribution in [2.75, 3.05) is 13.7 Å². The zero-order valence-electron chi connectivity index (χ0n) is 12.2. The minimum absolute atomic E-state index is 0.0209. The molecule has 22 heavy (non-hydrogen) atoms. The highest BCUT2D eigenvalue weighted by Gasteiger charge is 2.08. The number of methoxy groups -OCH3 is 1. The Kier molecular flexibility index (Phi) is 5.47. The predicted molar refractivity (Wildman–Crippen MR) is 79.8 cm³/mol. The van der Waals surface area contributed by atoms with Crippen molar-refractivity contribution < 1.29 is 18.3 Å². The average Bonchev–Trinajstić information content (AvgIpc) is 2.50. The first-order valence-corrected chi connectivity index (χ1v) is 6.92. The van der Waals surface area contributed by atoms with E-state index in [2.05, 4.69) is 5.32 Å². The fourth-order valence-electron chi connectivity index (χ4n) is 2.16. The molecular formula is C17H17F2NO2. The number of amides is 1. The Labute approximate surface area is 127 Å². The summed E-state index contributed by atoms with van der Waals surface area (Å²) in [7, 11) is 1.51. The zero-order valence-corrected chi connectivity index (χ0v) is 12.2. The summed E-state index contributed by atoms with van der Waals surface area (Å²) < 4.78 is 31.8. The number of carbonyl (C=O) groups is 1. The molecule has 0 heterocycles. The van der Waals surface area contributed by atoms with E-state index in [9.17, 15) is 13.6 Å². The molecular weight excluding hydrogens is 288 g/mol. The molecule has 0 aromatic heterocycles. The molecule has 0 bridgehead atoms. The third-order valence-corrected chi connectivity index (χ3v) is 3.27. The number of halogens is 2. The topological polar surface area (TPSA) is 38.3 Å². The van der Waals surface area contributed by atoms with Crippen LogP contribution in [0.3, 0.4) is 0 Å². The number of ether oxygens (including phenoxy) is 1. The summed E-state index contributed by atoms with van der Waals surface area (Å²) in [5.74, 6) is -0.455. The molecule has 2 aromatic carbocycles. The van der Waals surface area contributed by atoms with E-state index in [-0.39, 0.29) is 18.1 Å². The minimum atomic E-state index is -0.399. The fraction of sp³-hybridized carbons (Fsp3) is 0.235. The van der Waals surface area contributed by atoms with E-state index >= 15 is 0 Å². The third-order valence-electron chi connectivity index (χ3n) is 3.27. The van der Waals surface area contributed by atoms with Gasteiger partial charge in [0.2, 0.25) is 5.91 Å². The van der Waals surface area contributed by atoms with E-state index in [1.807, 2.05) is 0 Å². The van der Waals surface area contributed by atoms with Gasteiger partial charge in [0.25, 0.3) is 0 Å². The maximum absolute atomic E-state index is 13.4. The lowest BCUT2D eigenvalue weighted by atomic mass is 10.1. The molecule has 0 atom stereocenters. The first kappa shape index (κ1) is 15.9. The molecule has 0 aliphatic carbocycles. The van der Waals surface area contributed by atoms with Crippen LogP contribution in [-0.4, -0.2) is 19.6 Å². The Hall–Kier alpha value is -2.43. The predicted octanol–water partition coefficient (Wildman–Crippen LogP) is 2.87. The summed E-state index contributed by atoms with van der Waals surface area (Å²) in [5.41, 5.74) is 1.03. The van der Waals surface area contributed by atoms with E-state index in [0.717, 1.165) is 0 Å². The fourth-order valence-corrected chi connectivity index (χ4v) is 2.16. The Morgan fingerprint density at radius 1 is 1.14 bits per heavy atom. The van der Waals surface area contributed by atoms with Crippen LogP contribution in [0.5, 0.6) is 5.75 Å². The molecule has 0 saturated carbocycles. The highest BCUT2D eigenvalue weighted by Crippen LogP contribution is 2.19. The first-order valence-electron chi connectivity index (χ1n) is 6.92. The van der Waals surface area contributed by atoms with Crippen LogP contribution in [0.25, 0.3) is 0 Å². The van der Waals surface area contributed by atoms with Crippen LogP contribution >= 0.6 is 0 Å². The third kappa shape index (κ3) is 4.28. The van der Waals surface area contributed by atoms with E-state index in [4.69, 9.17) is 4.74 Å². The Morgan fingerprint density at radius 3 is 2.64 bits per heavy atom. The van der Waals surface area contributed by atoms with Gasteiger partial charge in [0.15, 0.2) is 0 Å². The number of benzene rings is 2. The molecule has 0 aliphatic rings. The quantitative estimate of drug-likeness (QED) is 0.891. The van der Waals surface area contributed by atoms with Crippen LogP contribution in [0.4, 0.5) is 8.78 Å². The number of hydrogen-bond acceptors (Lipinski definition) is 2. The van der Waals surface area contributed by atoms with Crippen molar-refractivity contribution in [2.45, 2.75) is 12.8 Å². The summed E-state index contributed by atoms with van der Waals surface area (Å²) >= 11 is 0. The SMILES string of the molecule is COc1ccc(F)cc1CCNC(=O)Cc1ccccc1F. The summed E-state index contributed by atoms with van der Waals surface area (Å²) in [4.78, 5) is 11.8. The van der Waals surface area contributed by atoms with Crippen molar-refractivity contribution in [1.82, 2.24) is 5.32 Å². The van der Waals surface area contributed by atoms with Crippen LogP contribution in [0, 0.1) is 11.6 Å². The molecule has 0 saturated heterocycles. The molecule has 0 aliphatic heterocycles. The molecule has 0 unspecified atom stereocenters. The lowest BCUT2D eigenvalue weighted by molar-refractivity contribution is -0.120. The number of carbonyl (C=O) groups excluding carboxylic acids is 1. The molecule has 3 nitrogen and oxygen atoms in total. The second-order valence-corrected chi connectivity index (χ2v) is 4.82. The van der Waals surface area contributed by atoms with Crippen LogP contribution in [0.15, 0.2) is 42.5 Å². The van der Waals surface area contributed by atoms with Crippen LogP contribution in [0.1, 0.15) is 11.1 Å². The van der Waals surface area contributed by atoms with Gasteiger partial charge in [-0.15, -0.1) is 0 Å². The van der Waals surface area contributed by atoms with Crippen molar-refractivity contribution in [1.29, 1.82) is 0 Å². The molecule has 1 N–H and O–H groups in total. The minimum Gasteiger partial charge on any atom is -0.496 e. The van der Waals surface area contributed by atoms with Gasteiger partial charge in [-0.2, -0.15) is 0 Å². The van der Waals surface area contributed by atoms with Crippen LogP contribution in [-0.2, 0) is 17.6 Å². The Balaban J connectivity index is 1.87. The molecule has 116 valence electrons. The van der Waals surface area contributed by atoms with Gasteiger partial charge >= 0.3 is 0 Å². The van der Waals surface area contributed by atoms with Crippen molar-refractivity contribution in [3.05, 3.63) is 65.2 Å². The Morgan fingerprint density at radius 2 is 1.91 bits per heavy atom. The van der Waals surface area contributed by atoms with Gasteiger partial charge in [-0.25, -0.2) is 8.78 Å². The van der Waals surface area contributed by atoms with Gasteiger partial charge in [0, 0.05) is 6.54 Å². The van der Waals surface area contributed by atoms with Crippen molar-refractivity contribution in [3.8, 4) is 5.75 Å². The Bertz CT molecular complexity index is 659. The highest BCUT2D eigenvalue weighted by molar-refractivity contribution is 5.78. The van der Waals surface area contributed by atoms with E-state index in [1.54, 1.807) is 24.3 Å². The largest absolute Gasteiger partial charge is 0.496 e. The van der Waals surface area contributed by atoms with E-state index < -0.39 is 5.82 Å². The van der Waals surface area contributed by atoms with E-state index in [1.165, 1.54) is 25.3 Å². The molecule has 2 rings (SSSR count). The monoisotopic (exact) mass is 305 g/mol. The number of rotatable bonds is 6. The molecule has 0 spiro atoms. The van der Waals surface area contributed by atoms with Gasteiger partial charge in [-0.1, -0.05) is 18.2 Å². The second kappa shape index (κ2) is 7.54. The summed E-state index contributed by atoms with van der Waals surface area (Å²) in [6, 6.07) is 10.4. The average molecular weight is 305 g/mol. The van der Waals surface area contributed by atoms with Gasteiger partial charge < -0.3 is 10.1 Å². The number of nitrogens with one attached hydrogen (secondary N) is 1. The normalized spacial score (nSPS) is 10.3. The molecule has 0 fully saturated rings. The molecule has 2 aromatic rings. The second-order valence-electron chi connectivity index (χ2n) is 4.82. The van der Waals surface area contributed by atoms with Crippen molar-refractivity contribution in [2.24, 2.45) is 0 Å². The summed E-state index contributed by atoms with van der Waals surface area (Å²) in [6.45, 7) is 0.326. The number of hydrogen-bond donors (Lipinski definition) is 1. The van der Waals surface area contributed by atoms with Crippen molar-refractivity contribution >= 4 is 5.91 Å².